The summed E-state index contributed by atoms with van der Waals surface area (Å²) in [6, 6.07) is 6.81. The van der Waals surface area contributed by atoms with Gasteiger partial charge in [-0.1, -0.05) is 12.1 Å². The number of anilines is 1. The van der Waals surface area contributed by atoms with Crippen LogP contribution in [0.4, 0.5) is 19.0 Å². The molecule has 0 unspecified atom stereocenters. The van der Waals surface area contributed by atoms with Gasteiger partial charge in [0.15, 0.2) is 5.82 Å². The lowest BCUT2D eigenvalue weighted by atomic mass is 10.0. The Morgan fingerprint density at radius 1 is 1.26 bits per heavy atom. The molecular formula is C24H28F3N7O. The van der Waals surface area contributed by atoms with E-state index in [2.05, 4.69) is 20.7 Å². The molecule has 4 heterocycles. The van der Waals surface area contributed by atoms with E-state index in [1.807, 2.05) is 30.0 Å². The zero-order valence-corrected chi connectivity index (χ0v) is 19.4. The molecule has 0 saturated carbocycles. The number of rotatable bonds is 5. The van der Waals surface area contributed by atoms with Gasteiger partial charge in [0.25, 0.3) is 11.8 Å². The number of alkyl halides is 3. The van der Waals surface area contributed by atoms with Gasteiger partial charge in [0.1, 0.15) is 18.0 Å². The monoisotopic (exact) mass is 487 g/mol. The molecule has 2 saturated heterocycles. The SMILES string of the molecule is Cc1ccc(-c2cc(CN3CCC(F)(F)CC3)c3c(N)ncnn23)cc1C(=O)N[C@@H]1CNC[C@@H]1F. The molecule has 2 aromatic heterocycles. The Bertz CT molecular complexity index is 1250. The average molecular weight is 488 g/mol. The lowest BCUT2D eigenvalue weighted by Crippen LogP contribution is -2.41. The van der Waals surface area contributed by atoms with Gasteiger partial charge in [-0.25, -0.2) is 22.7 Å². The van der Waals surface area contributed by atoms with Gasteiger partial charge < -0.3 is 16.4 Å². The van der Waals surface area contributed by atoms with E-state index < -0.39 is 18.1 Å². The number of nitrogens with one attached hydrogen (secondary N) is 2. The summed E-state index contributed by atoms with van der Waals surface area (Å²) in [5, 5.41) is 10.1. The number of aryl methyl sites for hydroxylation is 1. The summed E-state index contributed by atoms with van der Waals surface area (Å²) in [6.45, 7) is 3.44. The fourth-order valence-corrected chi connectivity index (χ4v) is 4.81. The quantitative estimate of drug-likeness (QED) is 0.512. The summed E-state index contributed by atoms with van der Waals surface area (Å²) in [4.78, 5) is 19.1. The number of amides is 1. The van der Waals surface area contributed by atoms with Crippen LogP contribution >= 0.6 is 0 Å². The number of hydrogen-bond donors (Lipinski definition) is 3. The predicted octanol–water partition coefficient (Wildman–Crippen LogP) is 2.56. The first-order valence-electron chi connectivity index (χ1n) is 11.7. The Morgan fingerprint density at radius 3 is 2.74 bits per heavy atom. The average Bonchev–Trinajstić information content (AvgIpc) is 3.39. The molecule has 11 heteroatoms. The van der Waals surface area contributed by atoms with Gasteiger partial charge in [-0.15, -0.1) is 0 Å². The van der Waals surface area contributed by atoms with Crippen molar-refractivity contribution in [1.82, 2.24) is 30.1 Å². The molecule has 0 radical (unpaired) electrons. The van der Waals surface area contributed by atoms with Gasteiger partial charge >= 0.3 is 0 Å². The molecule has 0 spiro atoms. The number of piperidine rings is 1. The molecule has 0 aliphatic carbocycles. The Hall–Kier alpha value is -3.18. The zero-order valence-electron chi connectivity index (χ0n) is 19.4. The van der Waals surface area contributed by atoms with Crippen molar-refractivity contribution in [3.63, 3.8) is 0 Å². The molecular weight excluding hydrogens is 459 g/mol. The minimum atomic E-state index is -2.62. The first kappa shape index (κ1) is 23.6. The molecule has 2 aliphatic rings. The van der Waals surface area contributed by atoms with Gasteiger partial charge in [-0.05, 0) is 30.2 Å². The van der Waals surface area contributed by atoms with E-state index in [0.717, 1.165) is 16.7 Å². The fraction of sp³-hybridized carbons (Fsp3) is 0.458. The van der Waals surface area contributed by atoms with Crippen LogP contribution in [-0.2, 0) is 6.54 Å². The zero-order chi connectivity index (χ0) is 24.7. The number of hydrogen-bond acceptors (Lipinski definition) is 6. The summed E-state index contributed by atoms with van der Waals surface area (Å²) in [5.74, 6) is -2.68. The number of nitrogens with two attached hydrogens (primary N) is 1. The van der Waals surface area contributed by atoms with Crippen molar-refractivity contribution < 1.29 is 18.0 Å². The molecule has 1 amide bonds. The third kappa shape index (κ3) is 4.70. The number of aromatic nitrogens is 3. The lowest BCUT2D eigenvalue weighted by molar-refractivity contribution is -0.0565. The summed E-state index contributed by atoms with van der Waals surface area (Å²) in [7, 11) is 0. The van der Waals surface area contributed by atoms with Crippen LogP contribution in [-0.4, -0.2) is 69.7 Å². The lowest BCUT2D eigenvalue weighted by Gasteiger charge is -2.31. The number of nitrogens with zero attached hydrogens (tertiary/aromatic N) is 4. The molecule has 0 bridgehead atoms. The number of likely N-dealkylation sites (tertiary alicyclic amines) is 1. The second kappa shape index (κ2) is 9.12. The van der Waals surface area contributed by atoms with Gasteiger partial charge in [0.2, 0.25) is 0 Å². The third-order valence-corrected chi connectivity index (χ3v) is 6.88. The summed E-state index contributed by atoms with van der Waals surface area (Å²) < 4.78 is 42.9. The normalized spacial score (nSPS) is 22.5. The topological polar surface area (TPSA) is 101 Å². The first-order chi connectivity index (χ1) is 16.7. The van der Waals surface area contributed by atoms with Crippen molar-refractivity contribution in [1.29, 1.82) is 0 Å². The van der Waals surface area contributed by atoms with E-state index in [-0.39, 0.29) is 44.2 Å². The van der Waals surface area contributed by atoms with E-state index in [9.17, 15) is 18.0 Å². The third-order valence-electron chi connectivity index (χ3n) is 6.88. The molecule has 4 N–H and O–H groups in total. The molecule has 2 atom stereocenters. The van der Waals surface area contributed by atoms with Gasteiger partial charge in [0, 0.05) is 56.7 Å². The van der Waals surface area contributed by atoms with Crippen LogP contribution in [0.15, 0.2) is 30.6 Å². The standard InChI is InChI=1S/C24H28F3N7O/c1-14-2-3-15(8-17(14)23(35)32-19-11-29-10-18(19)25)20-9-16(21-22(28)30-13-31-34(20)21)12-33-6-4-24(26,27)5-7-33/h2-3,8-9,13,18-19,29H,4-7,10-12H2,1H3,(H,32,35)(H2,28,30,31)/t18-,19+/m0/s1. The maximum absolute atomic E-state index is 14.0. The molecule has 3 aromatic rings. The second-order valence-corrected chi connectivity index (χ2v) is 9.38. The molecule has 186 valence electrons. The van der Waals surface area contributed by atoms with Gasteiger partial charge in [-0.2, -0.15) is 5.10 Å². The highest BCUT2D eigenvalue weighted by atomic mass is 19.3. The van der Waals surface area contributed by atoms with Crippen LogP contribution in [0.3, 0.4) is 0 Å². The molecule has 8 nitrogen and oxygen atoms in total. The van der Waals surface area contributed by atoms with Crippen LogP contribution in [0.25, 0.3) is 16.8 Å². The molecule has 35 heavy (non-hydrogen) atoms. The number of fused-ring (bicyclic) bond motifs is 1. The maximum atomic E-state index is 14.0. The molecule has 2 aliphatic heterocycles. The Balaban J connectivity index is 1.47. The maximum Gasteiger partial charge on any atom is 0.251 e. The van der Waals surface area contributed by atoms with E-state index >= 15 is 0 Å². The van der Waals surface area contributed by atoms with Crippen molar-refractivity contribution in [3.05, 3.63) is 47.3 Å². The highest BCUT2D eigenvalue weighted by Gasteiger charge is 2.34. The number of halogens is 3. The van der Waals surface area contributed by atoms with Crippen molar-refractivity contribution >= 4 is 17.2 Å². The Kier molecular flexibility index (Phi) is 6.14. The minimum Gasteiger partial charge on any atom is -0.382 e. The summed E-state index contributed by atoms with van der Waals surface area (Å²) in [6.07, 6.45) is -0.129. The number of carbonyl (C=O) groups is 1. The van der Waals surface area contributed by atoms with Crippen LogP contribution < -0.4 is 16.4 Å². The highest BCUT2D eigenvalue weighted by Crippen LogP contribution is 2.32. The van der Waals surface area contributed by atoms with Crippen LogP contribution in [0, 0.1) is 6.92 Å². The van der Waals surface area contributed by atoms with Crippen molar-refractivity contribution in [2.45, 2.75) is 44.4 Å². The van der Waals surface area contributed by atoms with Crippen LogP contribution in [0.5, 0.6) is 0 Å². The minimum absolute atomic E-state index is 0.176. The summed E-state index contributed by atoms with van der Waals surface area (Å²) >= 11 is 0. The van der Waals surface area contributed by atoms with Crippen LogP contribution in [0.2, 0.25) is 0 Å². The van der Waals surface area contributed by atoms with E-state index in [0.29, 0.717) is 29.9 Å². The van der Waals surface area contributed by atoms with Crippen molar-refractivity contribution in [3.8, 4) is 11.3 Å². The van der Waals surface area contributed by atoms with Gasteiger partial charge in [-0.3, -0.25) is 9.69 Å². The summed E-state index contributed by atoms with van der Waals surface area (Å²) in [5.41, 5.74) is 10.3. The van der Waals surface area contributed by atoms with Crippen LogP contribution in [0.1, 0.15) is 34.3 Å². The van der Waals surface area contributed by atoms with Gasteiger partial charge in [0.05, 0.1) is 11.7 Å². The van der Waals surface area contributed by atoms with E-state index in [1.54, 1.807) is 10.6 Å². The predicted molar refractivity (Wildman–Crippen MR) is 126 cm³/mol. The fourth-order valence-electron chi connectivity index (χ4n) is 4.81. The number of carbonyl (C=O) groups excluding carboxylic acids is 1. The van der Waals surface area contributed by atoms with E-state index in [4.69, 9.17) is 5.73 Å². The largest absolute Gasteiger partial charge is 0.382 e. The smallest absolute Gasteiger partial charge is 0.251 e. The molecule has 2 fully saturated rings. The Morgan fingerprint density at radius 2 is 2.03 bits per heavy atom. The van der Waals surface area contributed by atoms with Crippen molar-refractivity contribution in [2.24, 2.45) is 0 Å². The molecule has 5 rings (SSSR count). The number of benzene rings is 1. The van der Waals surface area contributed by atoms with E-state index in [1.165, 1.54) is 6.33 Å². The Labute approximate surface area is 200 Å². The van der Waals surface area contributed by atoms with Crippen molar-refractivity contribution in [2.75, 3.05) is 31.9 Å². The molecule has 1 aromatic carbocycles. The second-order valence-electron chi connectivity index (χ2n) is 9.38. The number of nitrogen functional groups attached to an aromatic ring is 1. The highest BCUT2D eigenvalue weighted by molar-refractivity contribution is 5.97. The first-order valence-corrected chi connectivity index (χ1v) is 11.7.